The van der Waals surface area contributed by atoms with Crippen LogP contribution in [0.5, 0.6) is 0 Å². The van der Waals surface area contributed by atoms with Gasteiger partial charge >= 0.3 is 5.97 Å². The van der Waals surface area contributed by atoms with Crippen molar-refractivity contribution in [2.75, 3.05) is 53.0 Å². The molecule has 4 atom stereocenters. The van der Waals surface area contributed by atoms with Gasteiger partial charge in [-0.15, -0.1) is 0 Å². The Morgan fingerprint density at radius 3 is 2.37 bits per heavy atom. The lowest BCUT2D eigenvalue weighted by Gasteiger charge is -2.43. The van der Waals surface area contributed by atoms with Crippen LogP contribution in [-0.2, 0) is 25.5 Å². The lowest BCUT2D eigenvalue weighted by Crippen LogP contribution is -2.59. The SMILES string of the molecule is COC(=O)[C@H](Cc1cc(C)c(C)cc1F)N1CCN(C(=O)[C@@H]2CN(C3CCOCC3)C[C@H]2c2ccc(F)cc2F)[C@@H](C)C1. The summed E-state index contributed by atoms with van der Waals surface area (Å²) in [5.74, 6) is -3.03. The highest BCUT2D eigenvalue weighted by Gasteiger charge is 2.45. The molecule has 3 aliphatic heterocycles. The number of carbonyl (C=O) groups excluding carboxylic acids is 2. The predicted octanol–water partition coefficient (Wildman–Crippen LogP) is 4.23. The summed E-state index contributed by atoms with van der Waals surface area (Å²) in [4.78, 5) is 33.2. The number of piperazine rings is 1. The van der Waals surface area contributed by atoms with Gasteiger partial charge in [-0.3, -0.25) is 19.4 Å². The van der Waals surface area contributed by atoms with Gasteiger partial charge in [0.25, 0.3) is 0 Å². The molecule has 1 amide bonds. The Hall–Kier alpha value is -2.95. The maximum Gasteiger partial charge on any atom is 0.323 e. The van der Waals surface area contributed by atoms with Gasteiger partial charge in [0.1, 0.15) is 23.5 Å². The molecule has 43 heavy (non-hydrogen) atoms. The van der Waals surface area contributed by atoms with Crippen molar-refractivity contribution in [3.63, 3.8) is 0 Å². The van der Waals surface area contributed by atoms with Gasteiger partial charge in [0.15, 0.2) is 0 Å². The Morgan fingerprint density at radius 1 is 0.977 bits per heavy atom. The van der Waals surface area contributed by atoms with E-state index in [0.717, 1.165) is 30.0 Å². The van der Waals surface area contributed by atoms with Crippen LogP contribution in [0, 0.1) is 37.2 Å². The zero-order chi connectivity index (χ0) is 30.8. The van der Waals surface area contributed by atoms with Crippen LogP contribution in [0.2, 0.25) is 0 Å². The van der Waals surface area contributed by atoms with Gasteiger partial charge in [-0.2, -0.15) is 0 Å². The van der Waals surface area contributed by atoms with E-state index in [1.165, 1.54) is 25.3 Å². The Labute approximate surface area is 251 Å². The average Bonchev–Trinajstić information content (AvgIpc) is 3.43. The summed E-state index contributed by atoms with van der Waals surface area (Å²) in [6.07, 6.45) is 1.87. The van der Waals surface area contributed by atoms with Crippen molar-refractivity contribution in [1.29, 1.82) is 0 Å². The molecule has 0 aliphatic carbocycles. The third-order valence-electron chi connectivity index (χ3n) is 9.67. The number of nitrogens with zero attached hydrogens (tertiary/aromatic N) is 3. The van der Waals surface area contributed by atoms with Gasteiger partial charge in [0, 0.05) is 76.4 Å². The molecule has 3 saturated heterocycles. The van der Waals surface area contributed by atoms with E-state index in [1.54, 1.807) is 6.07 Å². The highest BCUT2D eigenvalue weighted by molar-refractivity contribution is 5.81. The first kappa shape index (κ1) is 31.5. The summed E-state index contributed by atoms with van der Waals surface area (Å²) in [7, 11) is 1.33. The summed E-state index contributed by atoms with van der Waals surface area (Å²) in [6, 6.07) is 6.19. The zero-order valence-electron chi connectivity index (χ0n) is 25.5. The standard InChI is InChI=1S/C33H42F3N3O4/c1-20-13-23(29(35)14-21(20)2)15-31(33(41)42-4)37-9-10-39(22(3)17-37)32(40)28-19-38(25-7-11-43-12-8-25)18-27(28)26-6-5-24(34)16-30(26)36/h5-6,13-14,16,22,25,27-28,31H,7-12,15,17-19H2,1-4H3/t22-,27-,28+,31-/m0/s1. The van der Waals surface area contributed by atoms with E-state index in [9.17, 15) is 18.4 Å². The second-order valence-electron chi connectivity index (χ2n) is 12.3. The van der Waals surface area contributed by atoms with Gasteiger partial charge in [-0.25, -0.2) is 13.2 Å². The third-order valence-corrected chi connectivity index (χ3v) is 9.67. The molecule has 2 aromatic rings. The molecule has 7 nitrogen and oxygen atoms in total. The molecule has 3 fully saturated rings. The number of halogens is 3. The number of rotatable bonds is 7. The van der Waals surface area contributed by atoms with Crippen LogP contribution in [0.4, 0.5) is 13.2 Å². The van der Waals surface area contributed by atoms with Crippen LogP contribution in [-0.4, -0.2) is 97.7 Å². The van der Waals surface area contributed by atoms with Crippen LogP contribution >= 0.6 is 0 Å². The van der Waals surface area contributed by atoms with Crippen molar-refractivity contribution in [3.8, 4) is 0 Å². The Bertz CT molecular complexity index is 1330. The number of carbonyl (C=O) groups is 2. The molecule has 0 radical (unpaired) electrons. The largest absolute Gasteiger partial charge is 0.468 e. The minimum Gasteiger partial charge on any atom is -0.468 e. The molecule has 0 saturated carbocycles. The number of hydrogen-bond donors (Lipinski definition) is 0. The van der Waals surface area contributed by atoms with Crippen molar-refractivity contribution in [1.82, 2.24) is 14.7 Å². The second-order valence-corrected chi connectivity index (χ2v) is 12.3. The molecule has 234 valence electrons. The third kappa shape index (κ3) is 6.76. The number of hydrogen-bond acceptors (Lipinski definition) is 6. The highest BCUT2D eigenvalue weighted by Crippen LogP contribution is 2.38. The minimum atomic E-state index is -0.696. The summed E-state index contributed by atoms with van der Waals surface area (Å²) in [5.41, 5.74) is 2.61. The molecule has 10 heteroatoms. The van der Waals surface area contributed by atoms with E-state index in [1.807, 2.05) is 30.6 Å². The first-order chi connectivity index (χ1) is 20.6. The first-order valence-electron chi connectivity index (χ1n) is 15.2. The number of likely N-dealkylation sites (tertiary alicyclic amines) is 1. The molecule has 0 aromatic heterocycles. The highest BCUT2D eigenvalue weighted by atomic mass is 19.1. The van der Waals surface area contributed by atoms with Crippen molar-refractivity contribution in [2.45, 2.75) is 64.1 Å². The number of benzene rings is 2. The normalized spacial score (nSPS) is 24.7. The predicted molar refractivity (Wildman–Crippen MR) is 156 cm³/mol. The van der Waals surface area contributed by atoms with E-state index in [4.69, 9.17) is 9.47 Å². The number of methoxy groups -OCH3 is 1. The van der Waals surface area contributed by atoms with Crippen LogP contribution in [0.15, 0.2) is 30.3 Å². The molecular weight excluding hydrogens is 559 g/mol. The number of amides is 1. The zero-order valence-corrected chi connectivity index (χ0v) is 25.5. The minimum absolute atomic E-state index is 0.0646. The Balaban J connectivity index is 1.34. The summed E-state index contributed by atoms with van der Waals surface area (Å²) < 4.78 is 54.3. The van der Waals surface area contributed by atoms with Gasteiger partial charge in [-0.1, -0.05) is 12.1 Å². The average molecular weight is 602 g/mol. The van der Waals surface area contributed by atoms with Crippen molar-refractivity contribution < 1.29 is 32.2 Å². The Kier molecular flexibility index (Phi) is 9.78. The molecule has 0 N–H and O–H groups in total. The summed E-state index contributed by atoms with van der Waals surface area (Å²) >= 11 is 0. The fourth-order valence-electron chi connectivity index (χ4n) is 7.06. The molecule has 3 aliphatic rings. The number of aryl methyl sites for hydroxylation is 2. The van der Waals surface area contributed by atoms with E-state index < -0.39 is 35.5 Å². The summed E-state index contributed by atoms with van der Waals surface area (Å²) in [6.45, 7) is 9.21. The lowest BCUT2D eigenvalue weighted by molar-refractivity contribution is -0.150. The quantitative estimate of drug-likeness (QED) is 0.443. The van der Waals surface area contributed by atoms with Crippen LogP contribution in [0.3, 0.4) is 0 Å². The summed E-state index contributed by atoms with van der Waals surface area (Å²) in [5, 5.41) is 0. The monoisotopic (exact) mass is 601 g/mol. The van der Waals surface area contributed by atoms with E-state index in [0.29, 0.717) is 57.1 Å². The Morgan fingerprint density at radius 2 is 1.70 bits per heavy atom. The van der Waals surface area contributed by atoms with Crippen molar-refractivity contribution in [2.24, 2.45) is 5.92 Å². The lowest BCUT2D eigenvalue weighted by atomic mass is 9.87. The van der Waals surface area contributed by atoms with E-state index >= 15 is 4.39 Å². The molecule has 0 unspecified atom stereocenters. The van der Waals surface area contributed by atoms with Crippen molar-refractivity contribution in [3.05, 3.63) is 70.0 Å². The van der Waals surface area contributed by atoms with E-state index in [-0.39, 0.29) is 30.2 Å². The van der Waals surface area contributed by atoms with Crippen LogP contribution < -0.4 is 0 Å². The molecule has 0 spiro atoms. The maximum absolute atomic E-state index is 15.1. The topological polar surface area (TPSA) is 62.3 Å². The second kappa shape index (κ2) is 13.4. The molecule has 0 bridgehead atoms. The van der Waals surface area contributed by atoms with E-state index in [2.05, 4.69) is 4.90 Å². The number of esters is 1. The van der Waals surface area contributed by atoms with Crippen molar-refractivity contribution >= 4 is 11.9 Å². The smallest absolute Gasteiger partial charge is 0.323 e. The number of ether oxygens (including phenoxy) is 2. The van der Waals surface area contributed by atoms with Gasteiger partial charge in [0.2, 0.25) is 5.91 Å². The fraction of sp³-hybridized carbons (Fsp3) is 0.576. The maximum atomic E-state index is 15.1. The van der Waals surface area contributed by atoms with Gasteiger partial charge in [-0.05, 0) is 68.0 Å². The molecule has 2 aromatic carbocycles. The first-order valence-corrected chi connectivity index (χ1v) is 15.2. The van der Waals surface area contributed by atoms with Gasteiger partial charge < -0.3 is 14.4 Å². The van der Waals surface area contributed by atoms with Crippen LogP contribution in [0.25, 0.3) is 0 Å². The fourth-order valence-corrected chi connectivity index (χ4v) is 7.06. The molecule has 3 heterocycles. The van der Waals surface area contributed by atoms with Crippen LogP contribution in [0.1, 0.15) is 47.9 Å². The van der Waals surface area contributed by atoms with Gasteiger partial charge in [0.05, 0.1) is 13.0 Å². The molecular formula is C33H42F3N3O4. The molecule has 5 rings (SSSR count).